The van der Waals surface area contributed by atoms with Crippen LogP contribution in [0.15, 0.2) is 91.8 Å². The number of allylic oxidation sites excluding steroid dienone is 1. The van der Waals surface area contributed by atoms with E-state index in [2.05, 4.69) is 79.5 Å². The first-order chi connectivity index (χ1) is 19.2. The Kier molecular flexibility index (Phi) is 5.89. The molecule has 0 radical (unpaired) electrons. The molecule has 5 aromatic heterocycles. The molecule has 0 amide bonds. The largest absolute Gasteiger partial charge is 0.358 e. The van der Waals surface area contributed by atoms with Gasteiger partial charge in [0.05, 0.1) is 35.0 Å². The summed E-state index contributed by atoms with van der Waals surface area (Å²) in [5.41, 5.74) is 9.77. The zero-order valence-electron chi connectivity index (χ0n) is 21.6. The summed E-state index contributed by atoms with van der Waals surface area (Å²) in [7, 11) is 0. The number of hydrogen-bond acceptors (Lipinski definition) is 5. The lowest BCUT2D eigenvalue weighted by Gasteiger charge is -2.24. The van der Waals surface area contributed by atoms with E-state index in [0.717, 1.165) is 67.0 Å². The van der Waals surface area contributed by atoms with Gasteiger partial charge in [-0.05, 0) is 54.7 Å². The molecule has 1 aliphatic rings. The smallest absolute Gasteiger partial charge is 0.116 e. The summed E-state index contributed by atoms with van der Waals surface area (Å²) in [6, 6.07) is 16.7. The average molecular weight is 512 g/mol. The second kappa shape index (κ2) is 9.83. The maximum atomic E-state index is 4.71. The second-order valence-electron chi connectivity index (χ2n) is 10.3. The van der Waals surface area contributed by atoms with Crippen LogP contribution in [0.5, 0.6) is 0 Å². The van der Waals surface area contributed by atoms with E-state index in [1.165, 1.54) is 32.1 Å². The van der Waals surface area contributed by atoms with Crippen molar-refractivity contribution in [2.75, 3.05) is 5.32 Å². The first kappa shape index (κ1) is 23.3. The van der Waals surface area contributed by atoms with Crippen LogP contribution in [0.2, 0.25) is 0 Å². The Labute approximate surface area is 226 Å². The van der Waals surface area contributed by atoms with E-state index in [0.29, 0.717) is 5.92 Å². The van der Waals surface area contributed by atoms with Crippen LogP contribution in [0.25, 0.3) is 55.6 Å². The highest BCUT2D eigenvalue weighted by Gasteiger charge is 2.18. The Balaban J connectivity index is 1.23. The molecule has 1 fully saturated rings. The summed E-state index contributed by atoms with van der Waals surface area (Å²) < 4.78 is 0. The normalized spacial score (nSPS) is 14.2. The van der Waals surface area contributed by atoms with E-state index in [1.807, 2.05) is 30.9 Å². The lowest BCUT2D eigenvalue weighted by Crippen LogP contribution is -2.14. The number of anilines is 1. The van der Waals surface area contributed by atoms with Crippen LogP contribution in [-0.2, 0) is 0 Å². The highest BCUT2D eigenvalue weighted by molar-refractivity contribution is 6.01. The van der Waals surface area contributed by atoms with E-state index in [9.17, 15) is 0 Å². The van der Waals surface area contributed by atoms with Crippen LogP contribution in [0.3, 0.4) is 0 Å². The van der Waals surface area contributed by atoms with Gasteiger partial charge in [0.25, 0.3) is 0 Å². The number of fused-ring (bicyclic) bond motifs is 2. The van der Waals surface area contributed by atoms with Crippen LogP contribution >= 0.6 is 0 Å². The van der Waals surface area contributed by atoms with E-state index >= 15 is 0 Å². The van der Waals surface area contributed by atoms with Crippen molar-refractivity contribution in [3.8, 4) is 33.8 Å². The summed E-state index contributed by atoms with van der Waals surface area (Å²) >= 11 is 0. The maximum Gasteiger partial charge on any atom is 0.116 e. The van der Waals surface area contributed by atoms with E-state index < -0.39 is 0 Å². The molecule has 0 unspecified atom stereocenters. The number of rotatable bonds is 6. The van der Waals surface area contributed by atoms with Gasteiger partial charge in [-0.1, -0.05) is 44.0 Å². The minimum Gasteiger partial charge on any atom is -0.358 e. The SMILES string of the molecule is C=C(Nc1cncc(-c2cc3c(-c4cc5c(-c6cccnc6)cccc5[nH]4)n[nH]c3cn2)c1)C1CCCCC1. The first-order valence-electron chi connectivity index (χ1n) is 13.5. The van der Waals surface area contributed by atoms with Crippen LogP contribution < -0.4 is 5.32 Å². The second-order valence-corrected chi connectivity index (χ2v) is 10.3. The summed E-state index contributed by atoms with van der Waals surface area (Å²) in [5, 5.41) is 13.4. The van der Waals surface area contributed by atoms with Crippen LogP contribution in [0.4, 0.5) is 5.69 Å². The highest BCUT2D eigenvalue weighted by Crippen LogP contribution is 2.35. The van der Waals surface area contributed by atoms with Crippen molar-refractivity contribution in [3.05, 3.63) is 91.8 Å². The molecule has 1 saturated carbocycles. The third kappa shape index (κ3) is 4.46. The maximum absolute atomic E-state index is 4.71. The van der Waals surface area contributed by atoms with Gasteiger partial charge in [-0.25, -0.2) is 0 Å². The van der Waals surface area contributed by atoms with Gasteiger partial charge in [-0.15, -0.1) is 0 Å². The lowest BCUT2D eigenvalue weighted by atomic mass is 9.87. The zero-order valence-corrected chi connectivity index (χ0v) is 21.6. The van der Waals surface area contributed by atoms with Crippen molar-refractivity contribution in [3.63, 3.8) is 0 Å². The lowest BCUT2D eigenvalue weighted by molar-refractivity contribution is 0.405. The zero-order chi connectivity index (χ0) is 26.2. The molecular formula is C32H29N7. The van der Waals surface area contributed by atoms with Gasteiger partial charge in [-0.2, -0.15) is 5.10 Å². The van der Waals surface area contributed by atoms with Gasteiger partial charge in [0.2, 0.25) is 0 Å². The Morgan fingerprint density at radius 2 is 1.74 bits per heavy atom. The Morgan fingerprint density at radius 3 is 2.62 bits per heavy atom. The average Bonchev–Trinajstić information content (AvgIpc) is 3.62. The number of nitrogens with one attached hydrogen (secondary N) is 3. The molecule has 0 bridgehead atoms. The molecule has 7 nitrogen and oxygen atoms in total. The van der Waals surface area contributed by atoms with Crippen LogP contribution in [-0.4, -0.2) is 30.1 Å². The summed E-state index contributed by atoms with van der Waals surface area (Å²) in [5.74, 6) is 0.528. The number of aromatic nitrogens is 6. The van der Waals surface area contributed by atoms with Gasteiger partial charge in [-0.3, -0.25) is 20.1 Å². The van der Waals surface area contributed by atoms with E-state index in [-0.39, 0.29) is 0 Å². The van der Waals surface area contributed by atoms with Gasteiger partial charge < -0.3 is 10.3 Å². The van der Waals surface area contributed by atoms with Gasteiger partial charge in [0, 0.05) is 51.7 Å². The van der Waals surface area contributed by atoms with Crippen molar-refractivity contribution < 1.29 is 0 Å². The predicted octanol–water partition coefficient (Wildman–Crippen LogP) is 7.74. The molecule has 39 heavy (non-hydrogen) atoms. The molecule has 192 valence electrons. The van der Waals surface area contributed by atoms with Crippen molar-refractivity contribution in [1.29, 1.82) is 0 Å². The fourth-order valence-corrected chi connectivity index (χ4v) is 5.72. The standard InChI is InChI=1S/C32H29N7/c1-20(21-7-3-2-4-8-21)36-24-13-23(17-34-18-24)29-15-27-31(19-35-29)38-39-32(27)30-14-26-25(10-5-11-28(26)37-30)22-9-6-12-33-16-22/h5-6,9-19,21,36-37H,1-4,7-8H2,(H,38,39). The molecule has 0 aliphatic heterocycles. The van der Waals surface area contributed by atoms with E-state index in [1.54, 1.807) is 6.20 Å². The molecule has 7 rings (SSSR count). The molecule has 0 saturated heterocycles. The summed E-state index contributed by atoms with van der Waals surface area (Å²) in [6.45, 7) is 4.32. The highest BCUT2D eigenvalue weighted by atomic mass is 15.1. The number of H-pyrrole nitrogens is 2. The molecule has 7 heteroatoms. The van der Waals surface area contributed by atoms with Gasteiger partial charge in [0.1, 0.15) is 5.69 Å². The third-order valence-electron chi connectivity index (χ3n) is 7.78. The molecular weight excluding hydrogens is 482 g/mol. The Morgan fingerprint density at radius 1 is 0.846 bits per heavy atom. The first-order valence-corrected chi connectivity index (χ1v) is 13.5. The monoisotopic (exact) mass is 511 g/mol. The molecule has 3 N–H and O–H groups in total. The van der Waals surface area contributed by atoms with Crippen LogP contribution in [0, 0.1) is 5.92 Å². The number of pyridine rings is 3. The quantitative estimate of drug-likeness (QED) is 0.213. The van der Waals surface area contributed by atoms with Crippen molar-refractivity contribution >= 4 is 27.5 Å². The Hall–Kier alpha value is -4.78. The van der Waals surface area contributed by atoms with Crippen molar-refractivity contribution in [2.45, 2.75) is 32.1 Å². The van der Waals surface area contributed by atoms with Crippen LogP contribution in [0.1, 0.15) is 32.1 Å². The van der Waals surface area contributed by atoms with Crippen molar-refractivity contribution in [1.82, 2.24) is 30.1 Å². The van der Waals surface area contributed by atoms with Gasteiger partial charge in [0.15, 0.2) is 0 Å². The number of aromatic amines is 2. The topological polar surface area (TPSA) is 95.2 Å². The minimum absolute atomic E-state index is 0.528. The fourth-order valence-electron chi connectivity index (χ4n) is 5.72. The number of benzene rings is 1. The third-order valence-corrected chi connectivity index (χ3v) is 7.78. The molecule has 5 heterocycles. The minimum atomic E-state index is 0.528. The van der Waals surface area contributed by atoms with Gasteiger partial charge >= 0.3 is 0 Å². The Bertz CT molecular complexity index is 1790. The molecule has 1 aliphatic carbocycles. The van der Waals surface area contributed by atoms with Crippen molar-refractivity contribution in [2.24, 2.45) is 5.92 Å². The molecule has 6 aromatic rings. The molecule has 0 spiro atoms. The number of hydrogen-bond donors (Lipinski definition) is 3. The molecule has 0 atom stereocenters. The number of nitrogens with zero attached hydrogens (tertiary/aromatic N) is 4. The van der Waals surface area contributed by atoms with E-state index in [4.69, 9.17) is 4.98 Å². The fraction of sp³-hybridized carbons (Fsp3) is 0.188. The predicted molar refractivity (Wildman–Crippen MR) is 157 cm³/mol. The summed E-state index contributed by atoms with van der Waals surface area (Å²) in [4.78, 5) is 17.1. The molecule has 1 aromatic carbocycles. The summed E-state index contributed by atoms with van der Waals surface area (Å²) in [6.07, 6.45) is 15.5.